The van der Waals surface area contributed by atoms with Gasteiger partial charge in [-0.1, -0.05) is 6.92 Å². The molecule has 1 aromatic rings. The lowest BCUT2D eigenvalue weighted by molar-refractivity contribution is 0.0935. The maximum Gasteiger partial charge on any atom is 0.254 e. The van der Waals surface area contributed by atoms with Crippen molar-refractivity contribution in [2.45, 2.75) is 25.8 Å². The lowest BCUT2D eigenvalue weighted by Crippen LogP contribution is -2.34. The van der Waals surface area contributed by atoms with Crippen LogP contribution in [-0.2, 0) is 7.05 Å². The Hall–Kier alpha value is -1.03. The first kappa shape index (κ1) is 12.0. The van der Waals surface area contributed by atoms with E-state index < -0.39 is 0 Å². The number of aryl methyl sites for hydroxylation is 1. The summed E-state index contributed by atoms with van der Waals surface area (Å²) < 4.78 is 1.61. The van der Waals surface area contributed by atoms with Crippen LogP contribution in [-0.4, -0.2) is 27.6 Å². The zero-order chi connectivity index (χ0) is 11.3. The van der Waals surface area contributed by atoms with Gasteiger partial charge in [-0.2, -0.15) is 5.10 Å². The Labute approximate surface area is 94.6 Å². The van der Waals surface area contributed by atoms with Crippen molar-refractivity contribution < 1.29 is 4.79 Å². The molecule has 0 radical (unpaired) electrons. The molecule has 15 heavy (non-hydrogen) atoms. The number of nitrogens with zero attached hydrogens (tertiary/aromatic N) is 2. The van der Waals surface area contributed by atoms with Gasteiger partial charge in [0.2, 0.25) is 0 Å². The molecule has 0 saturated heterocycles. The van der Waals surface area contributed by atoms with Gasteiger partial charge in [-0.15, -0.1) is 11.6 Å². The summed E-state index contributed by atoms with van der Waals surface area (Å²) >= 11 is 5.64. The number of carbonyl (C=O) groups excluding carboxylic acids is 1. The van der Waals surface area contributed by atoms with Crippen molar-refractivity contribution in [1.82, 2.24) is 15.1 Å². The number of nitrogens with one attached hydrogen (secondary N) is 1. The molecular weight excluding hydrogens is 214 g/mol. The molecule has 0 aliphatic rings. The molecule has 0 aliphatic heterocycles. The Morgan fingerprint density at radius 3 is 2.93 bits per heavy atom. The first-order chi connectivity index (χ1) is 7.17. The van der Waals surface area contributed by atoms with E-state index in [-0.39, 0.29) is 11.9 Å². The summed E-state index contributed by atoms with van der Waals surface area (Å²) in [7, 11) is 1.78. The number of alkyl halides is 1. The molecule has 1 unspecified atom stereocenters. The fraction of sp³-hybridized carbons (Fsp3) is 0.600. The highest BCUT2D eigenvalue weighted by molar-refractivity contribution is 6.17. The van der Waals surface area contributed by atoms with Crippen molar-refractivity contribution in [3.63, 3.8) is 0 Å². The first-order valence-corrected chi connectivity index (χ1v) is 5.56. The minimum Gasteiger partial charge on any atom is -0.349 e. The van der Waals surface area contributed by atoms with E-state index in [1.807, 2.05) is 6.92 Å². The monoisotopic (exact) mass is 229 g/mol. The second-order valence-corrected chi connectivity index (χ2v) is 3.84. The van der Waals surface area contributed by atoms with Gasteiger partial charge in [-0.25, -0.2) is 0 Å². The van der Waals surface area contributed by atoms with Crippen molar-refractivity contribution in [2.24, 2.45) is 7.05 Å². The highest BCUT2D eigenvalue weighted by atomic mass is 35.5. The highest BCUT2D eigenvalue weighted by Gasteiger charge is 2.12. The maximum absolute atomic E-state index is 11.7. The van der Waals surface area contributed by atoms with Crippen LogP contribution in [0.5, 0.6) is 0 Å². The summed E-state index contributed by atoms with van der Waals surface area (Å²) in [5.41, 5.74) is 0.588. The van der Waals surface area contributed by atoms with Crippen LogP contribution in [0, 0.1) is 0 Å². The van der Waals surface area contributed by atoms with Gasteiger partial charge in [0.1, 0.15) is 0 Å². The van der Waals surface area contributed by atoms with Gasteiger partial charge >= 0.3 is 0 Å². The van der Waals surface area contributed by atoms with Crippen molar-refractivity contribution in [3.8, 4) is 0 Å². The number of hydrogen-bond acceptors (Lipinski definition) is 2. The van der Waals surface area contributed by atoms with Crippen molar-refractivity contribution in [3.05, 3.63) is 18.0 Å². The van der Waals surface area contributed by atoms with Crippen LogP contribution in [0.3, 0.4) is 0 Å². The van der Waals surface area contributed by atoms with Crippen molar-refractivity contribution >= 4 is 17.5 Å². The Kier molecular flexibility index (Phi) is 4.62. The third kappa shape index (κ3) is 3.55. The van der Waals surface area contributed by atoms with E-state index in [4.69, 9.17) is 11.6 Å². The highest BCUT2D eigenvalue weighted by Crippen LogP contribution is 2.02. The van der Waals surface area contributed by atoms with Gasteiger partial charge in [-0.05, 0) is 12.8 Å². The van der Waals surface area contributed by atoms with Gasteiger partial charge in [0, 0.05) is 25.2 Å². The number of carbonyl (C=O) groups is 1. The van der Waals surface area contributed by atoms with Gasteiger partial charge in [0.05, 0.1) is 11.8 Å². The average molecular weight is 230 g/mol. The van der Waals surface area contributed by atoms with Gasteiger partial charge in [0.25, 0.3) is 5.91 Å². The smallest absolute Gasteiger partial charge is 0.254 e. The Morgan fingerprint density at radius 2 is 2.47 bits per heavy atom. The first-order valence-electron chi connectivity index (χ1n) is 5.02. The molecule has 0 aromatic carbocycles. The second kappa shape index (κ2) is 5.75. The third-order valence-electron chi connectivity index (χ3n) is 2.25. The van der Waals surface area contributed by atoms with Crippen LogP contribution in [0.25, 0.3) is 0 Å². The van der Waals surface area contributed by atoms with E-state index in [9.17, 15) is 4.79 Å². The number of aromatic nitrogens is 2. The Morgan fingerprint density at radius 1 is 1.73 bits per heavy atom. The fourth-order valence-electron chi connectivity index (χ4n) is 1.32. The molecule has 0 spiro atoms. The average Bonchev–Trinajstić information content (AvgIpc) is 2.64. The molecule has 1 N–H and O–H groups in total. The largest absolute Gasteiger partial charge is 0.349 e. The lowest BCUT2D eigenvalue weighted by atomic mass is 10.1. The number of hydrogen-bond donors (Lipinski definition) is 1. The number of halogens is 1. The SMILES string of the molecule is CCC(CCCl)NC(=O)c1cnn(C)c1. The summed E-state index contributed by atoms with van der Waals surface area (Å²) in [4.78, 5) is 11.7. The molecule has 0 saturated carbocycles. The normalized spacial score (nSPS) is 12.5. The molecule has 84 valence electrons. The fourth-order valence-corrected chi connectivity index (χ4v) is 1.58. The molecule has 1 rings (SSSR count). The van der Waals surface area contributed by atoms with E-state index in [0.717, 1.165) is 12.8 Å². The summed E-state index contributed by atoms with van der Waals surface area (Å²) in [5, 5.41) is 6.87. The molecule has 4 nitrogen and oxygen atoms in total. The summed E-state index contributed by atoms with van der Waals surface area (Å²) in [6, 6.07) is 0.148. The quantitative estimate of drug-likeness (QED) is 0.779. The van der Waals surface area contributed by atoms with Gasteiger partial charge in [0.15, 0.2) is 0 Å². The molecule has 5 heteroatoms. The molecular formula is C10H16ClN3O. The predicted molar refractivity (Wildman–Crippen MR) is 60.1 cm³/mol. The van der Waals surface area contributed by atoms with Crippen LogP contribution in [0.1, 0.15) is 30.1 Å². The zero-order valence-electron chi connectivity index (χ0n) is 9.03. The predicted octanol–water partition coefficient (Wildman–Crippen LogP) is 1.56. The van der Waals surface area contributed by atoms with Crippen LogP contribution in [0.15, 0.2) is 12.4 Å². The van der Waals surface area contributed by atoms with Crippen LogP contribution >= 0.6 is 11.6 Å². The van der Waals surface area contributed by atoms with E-state index in [2.05, 4.69) is 10.4 Å². The third-order valence-corrected chi connectivity index (χ3v) is 2.47. The summed E-state index contributed by atoms with van der Waals surface area (Å²) in [5.74, 6) is 0.478. The van der Waals surface area contributed by atoms with Crippen molar-refractivity contribution in [2.75, 3.05) is 5.88 Å². The number of amides is 1. The van der Waals surface area contributed by atoms with Crippen LogP contribution in [0.2, 0.25) is 0 Å². The van der Waals surface area contributed by atoms with Crippen LogP contribution in [0.4, 0.5) is 0 Å². The van der Waals surface area contributed by atoms with E-state index in [1.54, 1.807) is 24.1 Å². The van der Waals surface area contributed by atoms with E-state index >= 15 is 0 Å². The molecule has 0 fully saturated rings. The zero-order valence-corrected chi connectivity index (χ0v) is 9.79. The van der Waals surface area contributed by atoms with E-state index in [0.29, 0.717) is 11.4 Å². The maximum atomic E-state index is 11.7. The molecule has 0 aliphatic carbocycles. The van der Waals surface area contributed by atoms with E-state index in [1.165, 1.54) is 0 Å². The molecule has 0 bridgehead atoms. The molecule has 1 heterocycles. The molecule has 1 aromatic heterocycles. The van der Waals surface area contributed by atoms with Crippen molar-refractivity contribution in [1.29, 1.82) is 0 Å². The van der Waals surface area contributed by atoms with Gasteiger partial charge in [-0.3, -0.25) is 9.48 Å². The molecule has 1 amide bonds. The minimum absolute atomic E-state index is 0.0833. The lowest BCUT2D eigenvalue weighted by Gasteiger charge is -2.14. The Bertz CT molecular complexity index is 324. The summed E-state index contributed by atoms with van der Waals surface area (Å²) in [6.45, 7) is 2.03. The topological polar surface area (TPSA) is 46.9 Å². The standard InChI is InChI=1S/C10H16ClN3O/c1-3-9(4-5-11)13-10(15)8-6-12-14(2)7-8/h6-7,9H,3-5H2,1-2H3,(H,13,15). The minimum atomic E-state index is -0.0833. The second-order valence-electron chi connectivity index (χ2n) is 3.46. The Balaban J connectivity index is 2.54. The summed E-state index contributed by atoms with van der Waals surface area (Å²) in [6.07, 6.45) is 4.94. The van der Waals surface area contributed by atoms with Gasteiger partial charge < -0.3 is 5.32 Å². The molecule has 1 atom stereocenters. The number of rotatable bonds is 5. The van der Waals surface area contributed by atoms with Crippen LogP contribution < -0.4 is 5.32 Å².